The summed E-state index contributed by atoms with van der Waals surface area (Å²) in [7, 11) is 0. The highest BCUT2D eigenvalue weighted by atomic mass is 19.4. The van der Waals surface area contributed by atoms with Gasteiger partial charge >= 0.3 is 6.18 Å². The van der Waals surface area contributed by atoms with Gasteiger partial charge in [-0.2, -0.15) is 18.4 Å². The second-order valence-corrected chi connectivity index (χ2v) is 8.34. The minimum Gasteiger partial charge on any atom is -0.473 e. The summed E-state index contributed by atoms with van der Waals surface area (Å²) in [6.45, 7) is 4.11. The number of rotatable bonds is 8. The number of nitriles is 1. The molecule has 0 spiro atoms. The first-order chi connectivity index (χ1) is 15.7. The predicted octanol–water partition coefficient (Wildman–Crippen LogP) is 4.75. The number of alkyl halides is 3. The summed E-state index contributed by atoms with van der Waals surface area (Å²) in [6.07, 6.45) is 1.83. The molecule has 0 aliphatic heterocycles. The molecular formula is C23H25F3N4O3. The minimum absolute atomic E-state index is 0.0372. The average Bonchev–Trinajstić information content (AvgIpc) is 2.78. The normalized spacial score (nSPS) is 19.5. The molecule has 2 aromatic heterocycles. The van der Waals surface area contributed by atoms with Gasteiger partial charge in [0, 0.05) is 37.2 Å². The third kappa shape index (κ3) is 6.96. The van der Waals surface area contributed by atoms with Gasteiger partial charge in [-0.3, -0.25) is 0 Å². The highest BCUT2D eigenvalue weighted by Gasteiger charge is 2.31. The predicted molar refractivity (Wildman–Crippen MR) is 112 cm³/mol. The van der Waals surface area contributed by atoms with E-state index in [0.717, 1.165) is 25.7 Å². The molecule has 1 fully saturated rings. The SMILES string of the molecule is CC(=O)C[C@@H](C)COC1CCC(Oc2ncc(-c3ncc(C(F)(F)F)cn3)cc2C#N)CC1. The van der Waals surface area contributed by atoms with Crippen LogP contribution in [-0.4, -0.2) is 39.5 Å². The van der Waals surface area contributed by atoms with Crippen molar-refractivity contribution in [2.24, 2.45) is 5.92 Å². The lowest BCUT2D eigenvalue weighted by Crippen LogP contribution is -2.30. The summed E-state index contributed by atoms with van der Waals surface area (Å²) >= 11 is 0. The third-order valence-electron chi connectivity index (χ3n) is 5.36. The Hall–Kier alpha value is -3.06. The fourth-order valence-electron chi connectivity index (χ4n) is 3.70. The maximum Gasteiger partial charge on any atom is 0.419 e. The largest absolute Gasteiger partial charge is 0.473 e. The van der Waals surface area contributed by atoms with E-state index in [4.69, 9.17) is 9.47 Å². The Kier molecular flexibility index (Phi) is 7.97. The molecule has 0 saturated heterocycles. The van der Waals surface area contributed by atoms with Crippen LogP contribution in [0.3, 0.4) is 0 Å². The summed E-state index contributed by atoms with van der Waals surface area (Å²) in [5.41, 5.74) is -0.468. The van der Waals surface area contributed by atoms with E-state index < -0.39 is 11.7 Å². The quantitative estimate of drug-likeness (QED) is 0.558. The van der Waals surface area contributed by atoms with E-state index in [2.05, 4.69) is 15.0 Å². The lowest BCUT2D eigenvalue weighted by Gasteiger charge is -2.29. The van der Waals surface area contributed by atoms with Crippen LogP contribution >= 0.6 is 0 Å². The van der Waals surface area contributed by atoms with Crippen molar-refractivity contribution >= 4 is 5.78 Å². The first-order valence-corrected chi connectivity index (χ1v) is 10.7. The maximum absolute atomic E-state index is 12.7. The molecule has 1 saturated carbocycles. The van der Waals surface area contributed by atoms with E-state index in [0.29, 0.717) is 31.0 Å². The van der Waals surface area contributed by atoms with Gasteiger partial charge in [-0.25, -0.2) is 15.0 Å². The van der Waals surface area contributed by atoms with Crippen molar-refractivity contribution in [3.63, 3.8) is 0 Å². The Bertz CT molecular complexity index is 997. The number of pyridine rings is 1. The molecule has 0 N–H and O–H groups in total. The molecule has 0 amide bonds. The Morgan fingerprint density at radius 3 is 2.36 bits per heavy atom. The summed E-state index contributed by atoms with van der Waals surface area (Å²) in [5.74, 6) is 0.550. The van der Waals surface area contributed by atoms with Crippen LogP contribution in [0.5, 0.6) is 5.88 Å². The minimum atomic E-state index is -4.52. The van der Waals surface area contributed by atoms with Gasteiger partial charge in [0.2, 0.25) is 5.88 Å². The zero-order chi connectivity index (χ0) is 24.0. The van der Waals surface area contributed by atoms with Crippen molar-refractivity contribution in [3.05, 3.63) is 35.8 Å². The molecule has 2 heterocycles. The molecule has 1 aliphatic carbocycles. The van der Waals surface area contributed by atoms with E-state index >= 15 is 0 Å². The van der Waals surface area contributed by atoms with E-state index in [1.54, 1.807) is 6.92 Å². The number of halogens is 3. The third-order valence-corrected chi connectivity index (χ3v) is 5.36. The number of carbonyl (C=O) groups is 1. The van der Waals surface area contributed by atoms with Crippen LogP contribution in [0.25, 0.3) is 11.4 Å². The van der Waals surface area contributed by atoms with Crippen LogP contribution in [-0.2, 0) is 15.7 Å². The van der Waals surface area contributed by atoms with Gasteiger partial charge in [-0.05, 0) is 44.6 Å². The van der Waals surface area contributed by atoms with Crippen LogP contribution in [0.4, 0.5) is 13.2 Å². The van der Waals surface area contributed by atoms with Crippen LogP contribution in [0, 0.1) is 17.2 Å². The number of Topliss-reactive ketones (excluding diaryl/α,β-unsaturated/α-hetero) is 1. The number of nitrogens with zero attached hydrogens (tertiary/aromatic N) is 4. The molecule has 33 heavy (non-hydrogen) atoms. The zero-order valence-corrected chi connectivity index (χ0v) is 18.4. The Balaban J connectivity index is 1.57. The summed E-state index contributed by atoms with van der Waals surface area (Å²) < 4.78 is 49.9. The van der Waals surface area contributed by atoms with Gasteiger partial charge in [0.05, 0.1) is 11.7 Å². The molecule has 2 aromatic rings. The average molecular weight is 462 g/mol. The summed E-state index contributed by atoms with van der Waals surface area (Å²) in [6, 6.07) is 3.47. The lowest BCUT2D eigenvalue weighted by atomic mass is 9.94. The van der Waals surface area contributed by atoms with Crippen molar-refractivity contribution in [2.75, 3.05) is 6.61 Å². The topological polar surface area (TPSA) is 98.0 Å². The molecule has 0 radical (unpaired) electrons. The number of aromatic nitrogens is 3. The van der Waals surface area contributed by atoms with Gasteiger partial charge in [-0.15, -0.1) is 0 Å². The van der Waals surface area contributed by atoms with Crippen LogP contribution in [0.1, 0.15) is 57.1 Å². The molecule has 10 heteroatoms. The molecule has 7 nitrogen and oxygen atoms in total. The first kappa shape index (κ1) is 24.6. The molecule has 1 aliphatic rings. The Labute approximate surface area is 190 Å². The van der Waals surface area contributed by atoms with Gasteiger partial charge in [0.15, 0.2) is 5.82 Å². The lowest BCUT2D eigenvalue weighted by molar-refractivity contribution is -0.138. The molecule has 0 unspecified atom stereocenters. The highest BCUT2D eigenvalue weighted by Crippen LogP contribution is 2.30. The fourth-order valence-corrected chi connectivity index (χ4v) is 3.70. The fraction of sp³-hybridized carbons (Fsp3) is 0.522. The first-order valence-electron chi connectivity index (χ1n) is 10.7. The van der Waals surface area contributed by atoms with Gasteiger partial charge in [0.25, 0.3) is 0 Å². The van der Waals surface area contributed by atoms with Crippen LogP contribution in [0.2, 0.25) is 0 Å². The molecule has 3 rings (SSSR count). The van der Waals surface area contributed by atoms with E-state index in [9.17, 15) is 23.2 Å². The van der Waals surface area contributed by atoms with Crippen molar-refractivity contribution in [3.8, 4) is 23.3 Å². The Morgan fingerprint density at radius 1 is 1.15 bits per heavy atom. The smallest absolute Gasteiger partial charge is 0.419 e. The molecule has 0 aromatic carbocycles. The van der Waals surface area contributed by atoms with Crippen molar-refractivity contribution < 1.29 is 27.4 Å². The van der Waals surface area contributed by atoms with E-state index in [1.165, 1.54) is 12.3 Å². The number of hydrogen-bond acceptors (Lipinski definition) is 7. The van der Waals surface area contributed by atoms with E-state index in [1.807, 2.05) is 13.0 Å². The second kappa shape index (κ2) is 10.7. The van der Waals surface area contributed by atoms with E-state index in [-0.39, 0.29) is 41.2 Å². The van der Waals surface area contributed by atoms with Gasteiger partial charge in [-0.1, -0.05) is 6.92 Å². The van der Waals surface area contributed by atoms with Crippen molar-refractivity contribution in [1.29, 1.82) is 5.26 Å². The monoisotopic (exact) mass is 462 g/mol. The van der Waals surface area contributed by atoms with Gasteiger partial charge < -0.3 is 14.3 Å². The summed E-state index contributed by atoms with van der Waals surface area (Å²) in [5, 5.41) is 9.49. The molecule has 176 valence electrons. The van der Waals surface area contributed by atoms with Gasteiger partial charge in [0.1, 0.15) is 23.5 Å². The molecule has 0 bridgehead atoms. The second-order valence-electron chi connectivity index (χ2n) is 8.34. The zero-order valence-electron chi connectivity index (χ0n) is 18.4. The number of ether oxygens (including phenoxy) is 2. The number of carbonyl (C=O) groups excluding carboxylic acids is 1. The number of hydrogen-bond donors (Lipinski definition) is 0. The molecule has 1 atom stereocenters. The standard InChI is InChI=1S/C23H25F3N4O3/c1-14(7-15(2)31)13-32-19-3-5-20(6-4-19)33-22-16(9-27)8-17(10-30-22)21-28-11-18(12-29-21)23(24,25)26/h8,10-12,14,19-20H,3-7,13H2,1-2H3/t14-,19?,20?/m1/s1. The number of ketones is 1. The summed E-state index contributed by atoms with van der Waals surface area (Å²) in [4.78, 5) is 22.8. The van der Waals surface area contributed by atoms with Crippen molar-refractivity contribution in [1.82, 2.24) is 15.0 Å². The van der Waals surface area contributed by atoms with Crippen LogP contribution < -0.4 is 4.74 Å². The Morgan fingerprint density at radius 2 is 1.79 bits per heavy atom. The van der Waals surface area contributed by atoms with Crippen LogP contribution in [0.15, 0.2) is 24.7 Å². The maximum atomic E-state index is 12.7. The highest BCUT2D eigenvalue weighted by molar-refractivity contribution is 5.75. The molecular weight excluding hydrogens is 437 g/mol. The van der Waals surface area contributed by atoms with Crippen molar-refractivity contribution in [2.45, 2.75) is 64.3 Å².